The van der Waals surface area contributed by atoms with Crippen molar-refractivity contribution in [2.45, 2.75) is 51.2 Å². The van der Waals surface area contributed by atoms with Crippen LogP contribution in [0.4, 0.5) is 4.39 Å². The third kappa shape index (κ3) is 2.72. The highest BCUT2D eigenvalue weighted by molar-refractivity contribution is 5.27. The summed E-state index contributed by atoms with van der Waals surface area (Å²) in [5.74, 6) is -0.101. The fourth-order valence-corrected chi connectivity index (χ4v) is 3.41. The second kappa shape index (κ2) is 5.98. The lowest BCUT2D eigenvalue weighted by Crippen LogP contribution is -2.40. The average Bonchev–Trinajstić information content (AvgIpc) is 3.15. The summed E-state index contributed by atoms with van der Waals surface area (Å²) in [6, 6.07) is 7.17. The Hall–Kier alpha value is -1.68. The first-order valence-corrected chi connectivity index (χ1v) is 7.74. The van der Waals surface area contributed by atoms with Gasteiger partial charge in [0.2, 0.25) is 0 Å². The molecule has 0 aliphatic heterocycles. The van der Waals surface area contributed by atoms with Gasteiger partial charge in [-0.2, -0.15) is 0 Å². The standard InChI is InChI=1S/C17H22FN3/c1-2-21-13-19-11-14(21)12-20-17(9-5-6-10-17)15-7-3-4-8-16(15)18/h3-4,7-8,11,13,20H,2,5-6,9-10,12H2,1H3. The molecule has 112 valence electrons. The van der Waals surface area contributed by atoms with Crippen LogP contribution in [0.25, 0.3) is 0 Å². The maximum absolute atomic E-state index is 14.2. The minimum atomic E-state index is -0.228. The molecule has 1 aliphatic rings. The first kappa shape index (κ1) is 14.3. The molecule has 3 nitrogen and oxygen atoms in total. The SMILES string of the molecule is CCn1cncc1CNC1(c2ccccc2F)CCCC1. The van der Waals surface area contributed by atoms with Crippen molar-refractivity contribution in [1.29, 1.82) is 0 Å². The van der Waals surface area contributed by atoms with Gasteiger partial charge in [0.05, 0.1) is 12.0 Å². The van der Waals surface area contributed by atoms with Crippen molar-refractivity contribution in [3.63, 3.8) is 0 Å². The maximum atomic E-state index is 14.2. The number of hydrogen-bond donors (Lipinski definition) is 1. The first-order valence-electron chi connectivity index (χ1n) is 7.74. The second-order valence-corrected chi connectivity index (χ2v) is 5.79. The summed E-state index contributed by atoms with van der Waals surface area (Å²) in [7, 11) is 0. The topological polar surface area (TPSA) is 29.9 Å². The van der Waals surface area contributed by atoms with Crippen LogP contribution in [0, 0.1) is 5.82 Å². The van der Waals surface area contributed by atoms with Crippen molar-refractivity contribution in [2.75, 3.05) is 0 Å². The van der Waals surface area contributed by atoms with E-state index in [1.807, 2.05) is 24.7 Å². The van der Waals surface area contributed by atoms with E-state index in [2.05, 4.69) is 21.8 Å². The minimum absolute atomic E-state index is 0.101. The number of imidazole rings is 1. The van der Waals surface area contributed by atoms with Crippen molar-refractivity contribution in [3.8, 4) is 0 Å². The van der Waals surface area contributed by atoms with Crippen molar-refractivity contribution in [2.24, 2.45) is 0 Å². The van der Waals surface area contributed by atoms with Crippen LogP contribution in [0.3, 0.4) is 0 Å². The number of rotatable bonds is 5. The molecule has 1 saturated carbocycles. The number of nitrogens with zero attached hydrogens (tertiary/aromatic N) is 2. The number of aryl methyl sites for hydroxylation is 1. The van der Waals surface area contributed by atoms with Crippen LogP contribution in [0.1, 0.15) is 43.9 Å². The zero-order valence-corrected chi connectivity index (χ0v) is 12.5. The Kier molecular flexibility index (Phi) is 4.06. The number of aromatic nitrogens is 2. The molecule has 0 spiro atoms. The third-order valence-electron chi connectivity index (χ3n) is 4.59. The van der Waals surface area contributed by atoms with Crippen LogP contribution >= 0.6 is 0 Å². The number of halogens is 1. The third-order valence-corrected chi connectivity index (χ3v) is 4.59. The van der Waals surface area contributed by atoms with Crippen molar-refractivity contribution in [3.05, 3.63) is 53.9 Å². The van der Waals surface area contributed by atoms with E-state index in [1.54, 1.807) is 12.1 Å². The highest BCUT2D eigenvalue weighted by atomic mass is 19.1. The normalized spacial score (nSPS) is 17.2. The Morgan fingerprint density at radius 2 is 2.05 bits per heavy atom. The molecule has 1 fully saturated rings. The largest absolute Gasteiger partial charge is 0.334 e. The lowest BCUT2D eigenvalue weighted by molar-refractivity contribution is 0.321. The van der Waals surface area contributed by atoms with E-state index in [1.165, 1.54) is 0 Å². The van der Waals surface area contributed by atoms with Crippen molar-refractivity contribution >= 4 is 0 Å². The highest BCUT2D eigenvalue weighted by Crippen LogP contribution is 2.40. The molecule has 0 radical (unpaired) electrons. The quantitative estimate of drug-likeness (QED) is 0.910. The monoisotopic (exact) mass is 287 g/mol. The van der Waals surface area contributed by atoms with Crippen LogP contribution in [0.5, 0.6) is 0 Å². The first-order chi connectivity index (χ1) is 10.2. The van der Waals surface area contributed by atoms with Gasteiger partial charge in [0.1, 0.15) is 5.82 Å². The van der Waals surface area contributed by atoms with Gasteiger partial charge in [-0.15, -0.1) is 0 Å². The predicted octanol–water partition coefficient (Wildman–Crippen LogP) is 3.60. The van der Waals surface area contributed by atoms with E-state index < -0.39 is 0 Å². The summed E-state index contributed by atoms with van der Waals surface area (Å²) in [4.78, 5) is 4.20. The van der Waals surface area contributed by atoms with Gasteiger partial charge >= 0.3 is 0 Å². The van der Waals surface area contributed by atoms with Gasteiger partial charge in [0, 0.05) is 30.4 Å². The Balaban J connectivity index is 1.84. The van der Waals surface area contributed by atoms with Gasteiger partial charge in [0.15, 0.2) is 0 Å². The molecular formula is C17H22FN3. The molecule has 0 bridgehead atoms. The van der Waals surface area contributed by atoms with Crippen LogP contribution in [0.2, 0.25) is 0 Å². The van der Waals surface area contributed by atoms with Crippen LogP contribution in [-0.4, -0.2) is 9.55 Å². The Morgan fingerprint density at radius 3 is 2.76 bits per heavy atom. The molecule has 0 atom stereocenters. The van der Waals surface area contributed by atoms with E-state index in [4.69, 9.17) is 0 Å². The van der Waals surface area contributed by atoms with E-state index in [0.717, 1.165) is 50.0 Å². The van der Waals surface area contributed by atoms with Gasteiger partial charge in [-0.05, 0) is 25.8 Å². The molecule has 1 heterocycles. The highest BCUT2D eigenvalue weighted by Gasteiger charge is 2.37. The molecule has 3 rings (SSSR count). The second-order valence-electron chi connectivity index (χ2n) is 5.79. The molecule has 0 amide bonds. The Morgan fingerprint density at radius 1 is 1.29 bits per heavy atom. The molecule has 1 aliphatic carbocycles. The van der Waals surface area contributed by atoms with Gasteiger partial charge in [-0.25, -0.2) is 9.37 Å². The van der Waals surface area contributed by atoms with Crippen LogP contribution in [0.15, 0.2) is 36.8 Å². The zero-order valence-electron chi connectivity index (χ0n) is 12.5. The summed E-state index contributed by atoms with van der Waals surface area (Å²) in [6.45, 7) is 3.74. The van der Waals surface area contributed by atoms with Crippen LogP contribution < -0.4 is 5.32 Å². The molecule has 1 N–H and O–H groups in total. The van der Waals surface area contributed by atoms with E-state index in [9.17, 15) is 4.39 Å². The number of nitrogens with one attached hydrogen (secondary N) is 1. The van der Waals surface area contributed by atoms with E-state index >= 15 is 0 Å². The summed E-state index contributed by atoms with van der Waals surface area (Å²) >= 11 is 0. The molecule has 1 aromatic carbocycles. The van der Waals surface area contributed by atoms with Crippen molar-refractivity contribution in [1.82, 2.24) is 14.9 Å². The molecule has 0 saturated heterocycles. The van der Waals surface area contributed by atoms with Crippen molar-refractivity contribution < 1.29 is 4.39 Å². The molecule has 1 aromatic heterocycles. The fourth-order valence-electron chi connectivity index (χ4n) is 3.41. The molecule has 0 unspecified atom stereocenters. The minimum Gasteiger partial charge on any atom is -0.334 e. The number of benzene rings is 1. The lowest BCUT2D eigenvalue weighted by Gasteiger charge is -2.31. The fraction of sp³-hybridized carbons (Fsp3) is 0.471. The lowest BCUT2D eigenvalue weighted by atomic mass is 9.87. The zero-order chi connectivity index (χ0) is 14.7. The molecule has 21 heavy (non-hydrogen) atoms. The van der Waals surface area contributed by atoms with Gasteiger partial charge in [-0.1, -0.05) is 31.0 Å². The number of hydrogen-bond acceptors (Lipinski definition) is 2. The molecule has 4 heteroatoms. The summed E-state index contributed by atoms with van der Waals surface area (Å²) in [6.07, 6.45) is 8.02. The summed E-state index contributed by atoms with van der Waals surface area (Å²) < 4.78 is 16.4. The van der Waals surface area contributed by atoms with Gasteiger partial charge in [0.25, 0.3) is 0 Å². The van der Waals surface area contributed by atoms with Gasteiger partial charge < -0.3 is 9.88 Å². The Labute approximate surface area is 125 Å². The maximum Gasteiger partial charge on any atom is 0.128 e. The molecular weight excluding hydrogens is 265 g/mol. The molecule has 2 aromatic rings. The van der Waals surface area contributed by atoms with E-state index in [0.29, 0.717) is 0 Å². The smallest absolute Gasteiger partial charge is 0.128 e. The average molecular weight is 287 g/mol. The summed E-state index contributed by atoms with van der Waals surface area (Å²) in [5.41, 5.74) is 1.74. The predicted molar refractivity (Wildman–Crippen MR) is 81.3 cm³/mol. The van der Waals surface area contributed by atoms with E-state index in [-0.39, 0.29) is 11.4 Å². The van der Waals surface area contributed by atoms with Crippen LogP contribution in [-0.2, 0) is 18.6 Å². The Bertz CT molecular complexity index is 600. The van der Waals surface area contributed by atoms with Gasteiger partial charge in [-0.3, -0.25) is 0 Å². The summed E-state index contributed by atoms with van der Waals surface area (Å²) in [5, 5.41) is 3.63.